The topological polar surface area (TPSA) is 68.2 Å². The number of nitrogens with two attached hydrogens (primary N) is 1. The number of anilines is 1. The number of nitrogens with one attached hydrogen (secondary N) is 1. The van der Waals surface area contributed by atoms with Gasteiger partial charge in [0, 0.05) is 29.1 Å². The minimum atomic E-state index is 0.335. The van der Waals surface area contributed by atoms with E-state index in [1.165, 1.54) is 55.6 Å². The Morgan fingerprint density at radius 3 is 2.83 bits per heavy atom. The molecule has 0 amide bonds. The maximum Gasteiger partial charge on any atom is 0.157 e. The molecule has 2 atom stereocenters. The van der Waals surface area contributed by atoms with Crippen LogP contribution in [0.2, 0.25) is 0 Å². The zero-order valence-electron chi connectivity index (χ0n) is 14.3. The predicted molar refractivity (Wildman–Crippen MR) is 95.3 cm³/mol. The fraction of sp³-hybridized carbons (Fsp3) is 0.684. The number of rotatable bonds is 2. The minimum absolute atomic E-state index is 0.335. The summed E-state index contributed by atoms with van der Waals surface area (Å²) in [4.78, 5) is 5.08. The summed E-state index contributed by atoms with van der Waals surface area (Å²) in [5.41, 5.74) is 10.2. The highest BCUT2D eigenvalue weighted by Crippen LogP contribution is 2.49. The SMILES string of the molecule is N[C@@H]1CC[C@@H](Nc2c3c(nc4ccnn24)C2(CCCCC2)CC3)C1. The van der Waals surface area contributed by atoms with Gasteiger partial charge in [0.25, 0.3) is 0 Å². The van der Waals surface area contributed by atoms with Gasteiger partial charge in [0.2, 0.25) is 0 Å². The fourth-order valence-corrected chi connectivity index (χ4v) is 5.34. The molecule has 0 aliphatic heterocycles. The maximum absolute atomic E-state index is 6.12. The molecule has 5 rings (SSSR count). The van der Waals surface area contributed by atoms with Crippen molar-refractivity contribution in [3.63, 3.8) is 0 Å². The monoisotopic (exact) mass is 325 g/mol. The van der Waals surface area contributed by atoms with Gasteiger partial charge in [-0.3, -0.25) is 0 Å². The Morgan fingerprint density at radius 1 is 1.17 bits per heavy atom. The number of hydrogen-bond acceptors (Lipinski definition) is 4. The molecule has 3 aliphatic carbocycles. The molecule has 3 N–H and O–H groups in total. The van der Waals surface area contributed by atoms with Crippen molar-refractivity contribution < 1.29 is 0 Å². The molecule has 0 saturated heterocycles. The van der Waals surface area contributed by atoms with Crippen LogP contribution in [0.4, 0.5) is 5.82 Å². The van der Waals surface area contributed by atoms with Gasteiger partial charge < -0.3 is 11.1 Å². The normalized spacial score (nSPS) is 28.5. The molecular weight excluding hydrogens is 298 g/mol. The standard InChI is InChI=1S/C19H27N5/c20-13-4-5-14(12-13)22-18-15-6-10-19(8-2-1-3-9-19)17(15)23-16-7-11-21-24(16)18/h7,11,13-14,22H,1-6,8-10,12,20H2/t13-,14-/m1/s1. The molecule has 1 spiro atoms. The van der Waals surface area contributed by atoms with Gasteiger partial charge in [-0.2, -0.15) is 9.61 Å². The van der Waals surface area contributed by atoms with Crippen LogP contribution in [0, 0.1) is 0 Å². The van der Waals surface area contributed by atoms with Gasteiger partial charge in [0.15, 0.2) is 5.65 Å². The molecule has 5 nitrogen and oxygen atoms in total. The van der Waals surface area contributed by atoms with Crippen LogP contribution in [-0.2, 0) is 11.8 Å². The third-order valence-electron chi connectivity index (χ3n) is 6.61. The molecule has 0 radical (unpaired) electrons. The van der Waals surface area contributed by atoms with Gasteiger partial charge in [0.05, 0.1) is 11.9 Å². The van der Waals surface area contributed by atoms with Crippen LogP contribution in [0.5, 0.6) is 0 Å². The van der Waals surface area contributed by atoms with E-state index < -0.39 is 0 Å². The predicted octanol–water partition coefficient (Wildman–Crippen LogP) is 3.17. The van der Waals surface area contributed by atoms with Crippen molar-refractivity contribution in [2.75, 3.05) is 5.32 Å². The molecule has 0 aromatic carbocycles. The van der Waals surface area contributed by atoms with E-state index >= 15 is 0 Å². The van der Waals surface area contributed by atoms with Crippen molar-refractivity contribution in [2.24, 2.45) is 5.73 Å². The first-order chi connectivity index (χ1) is 11.8. The minimum Gasteiger partial charge on any atom is -0.367 e. The summed E-state index contributed by atoms with van der Waals surface area (Å²) < 4.78 is 2.02. The Kier molecular flexibility index (Phi) is 3.34. The summed E-state index contributed by atoms with van der Waals surface area (Å²) in [6.45, 7) is 0. The molecular formula is C19H27N5. The summed E-state index contributed by atoms with van der Waals surface area (Å²) in [5.74, 6) is 1.20. The Hall–Kier alpha value is -1.62. The van der Waals surface area contributed by atoms with E-state index in [4.69, 9.17) is 10.7 Å². The lowest BCUT2D eigenvalue weighted by molar-refractivity contribution is 0.286. The Bertz CT molecular complexity index is 758. The Balaban J connectivity index is 1.60. The number of aromatic nitrogens is 3. The molecule has 128 valence electrons. The first-order valence-electron chi connectivity index (χ1n) is 9.64. The molecule has 2 aromatic rings. The number of nitrogens with zero attached hydrogens (tertiary/aromatic N) is 3. The zero-order valence-corrected chi connectivity index (χ0v) is 14.3. The molecule has 2 fully saturated rings. The summed E-state index contributed by atoms with van der Waals surface area (Å²) in [5, 5.41) is 8.35. The molecule has 5 heteroatoms. The molecule has 24 heavy (non-hydrogen) atoms. The number of hydrogen-bond donors (Lipinski definition) is 2. The van der Waals surface area contributed by atoms with Crippen LogP contribution in [0.1, 0.15) is 69.0 Å². The molecule has 0 unspecified atom stereocenters. The second kappa shape index (κ2) is 5.45. The molecule has 2 saturated carbocycles. The highest BCUT2D eigenvalue weighted by molar-refractivity contribution is 5.59. The van der Waals surface area contributed by atoms with Crippen molar-refractivity contribution in [1.29, 1.82) is 0 Å². The van der Waals surface area contributed by atoms with Crippen LogP contribution < -0.4 is 11.1 Å². The molecule has 0 bridgehead atoms. The van der Waals surface area contributed by atoms with Gasteiger partial charge in [-0.05, 0) is 44.9 Å². The molecule has 2 heterocycles. The van der Waals surface area contributed by atoms with E-state index in [9.17, 15) is 0 Å². The summed E-state index contributed by atoms with van der Waals surface area (Å²) in [6.07, 6.45) is 14.3. The average Bonchev–Trinajstić information content (AvgIpc) is 3.29. The van der Waals surface area contributed by atoms with E-state index in [0.29, 0.717) is 17.5 Å². The van der Waals surface area contributed by atoms with Gasteiger partial charge in [-0.15, -0.1) is 0 Å². The lowest BCUT2D eigenvalue weighted by Gasteiger charge is -2.33. The largest absolute Gasteiger partial charge is 0.367 e. The lowest BCUT2D eigenvalue weighted by atomic mass is 9.72. The summed E-state index contributed by atoms with van der Waals surface area (Å²) in [7, 11) is 0. The third kappa shape index (κ3) is 2.17. The van der Waals surface area contributed by atoms with E-state index in [2.05, 4.69) is 10.4 Å². The fourth-order valence-electron chi connectivity index (χ4n) is 5.34. The van der Waals surface area contributed by atoms with Gasteiger partial charge >= 0.3 is 0 Å². The summed E-state index contributed by atoms with van der Waals surface area (Å²) in [6, 6.07) is 2.86. The third-order valence-corrected chi connectivity index (χ3v) is 6.61. The van der Waals surface area contributed by atoms with Crippen molar-refractivity contribution >= 4 is 11.5 Å². The van der Waals surface area contributed by atoms with E-state index in [-0.39, 0.29) is 0 Å². The molecule has 2 aromatic heterocycles. The maximum atomic E-state index is 6.12. The number of fused-ring (bicyclic) bond motifs is 3. The van der Waals surface area contributed by atoms with E-state index in [1.54, 1.807) is 0 Å². The first-order valence-corrected chi connectivity index (χ1v) is 9.64. The Labute approximate surface area is 143 Å². The van der Waals surface area contributed by atoms with Crippen LogP contribution in [-0.4, -0.2) is 26.7 Å². The Morgan fingerprint density at radius 2 is 2.04 bits per heavy atom. The van der Waals surface area contributed by atoms with Crippen LogP contribution >= 0.6 is 0 Å². The van der Waals surface area contributed by atoms with E-state index in [1.807, 2.05) is 16.8 Å². The smallest absolute Gasteiger partial charge is 0.157 e. The van der Waals surface area contributed by atoms with Crippen molar-refractivity contribution in [2.45, 2.75) is 81.7 Å². The van der Waals surface area contributed by atoms with Crippen molar-refractivity contribution in [3.05, 3.63) is 23.5 Å². The van der Waals surface area contributed by atoms with E-state index in [0.717, 1.165) is 31.3 Å². The highest BCUT2D eigenvalue weighted by Gasteiger charge is 2.43. The van der Waals surface area contributed by atoms with Crippen LogP contribution in [0.25, 0.3) is 5.65 Å². The summed E-state index contributed by atoms with van der Waals surface area (Å²) >= 11 is 0. The first kappa shape index (κ1) is 14.7. The van der Waals surface area contributed by atoms with Crippen molar-refractivity contribution in [3.8, 4) is 0 Å². The van der Waals surface area contributed by atoms with Gasteiger partial charge in [-0.1, -0.05) is 19.3 Å². The highest BCUT2D eigenvalue weighted by atomic mass is 15.3. The second-order valence-electron chi connectivity index (χ2n) is 8.14. The quantitative estimate of drug-likeness (QED) is 0.890. The van der Waals surface area contributed by atoms with Gasteiger partial charge in [0.1, 0.15) is 5.82 Å². The van der Waals surface area contributed by atoms with Crippen LogP contribution in [0.3, 0.4) is 0 Å². The molecule has 3 aliphatic rings. The van der Waals surface area contributed by atoms with Gasteiger partial charge in [-0.25, -0.2) is 4.98 Å². The average molecular weight is 325 g/mol. The zero-order chi connectivity index (χ0) is 16.1. The second-order valence-corrected chi connectivity index (χ2v) is 8.14. The lowest BCUT2D eigenvalue weighted by Crippen LogP contribution is -2.28. The van der Waals surface area contributed by atoms with Crippen molar-refractivity contribution in [1.82, 2.24) is 14.6 Å². The van der Waals surface area contributed by atoms with Crippen LogP contribution in [0.15, 0.2) is 12.3 Å².